The van der Waals surface area contributed by atoms with E-state index in [9.17, 15) is 5.11 Å². The average Bonchev–Trinajstić information content (AvgIpc) is 2.37. The number of ether oxygens (including phenoxy) is 2. The highest BCUT2D eigenvalue weighted by Gasteiger charge is 2.40. The predicted octanol–water partition coefficient (Wildman–Crippen LogP) is 2.34. The quantitative estimate of drug-likeness (QED) is 0.791. The van der Waals surface area contributed by atoms with Gasteiger partial charge in [-0.15, -0.1) is 11.6 Å². The zero-order chi connectivity index (χ0) is 12.1. The molecule has 0 saturated carbocycles. The van der Waals surface area contributed by atoms with Crippen molar-refractivity contribution in [2.75, 3.05) is 25.7 Å². The van der Waals surface area contributed by atoms with Crippen LogP contribution >= 0.6 is 11.6 Å². The summed E-state index contributed by atoms with van der Waals surface area (Å²) in [4.78, 5) is 0. The van der Waals surface area contributed by atoms with Gasteiger partial charge in [-0.3, -0.25) is 0 Å². The van der Waals surface area contributed by atoms with Crippen LogP contribution in [0.15, 0.2) is 0 Å². The highest BCUT2D eigenvalue weighted by atomic mass is 35.5. The van der Waals surface area contributed by atoms with E-state index in [0.717, 1.165) is 58.3 Å². The van der Waals surface area contributed by atoms with Crippen LogP contribution < -0.4 is 0 Å². The molecule has 2 fully saturated rings. The van der Waals surface area contributed by atoms with Crippen LogP contribution in [0.1, 0.15) is 38.5 Å². The molecule has 0 radical (unpaired) electrons. The van der Waals surface area contributed by atoms with Crippen molar-refractivity contribution >= 4 is 11.6 Å². The largest absolute Gasteiger partial charge is 0.393 e. The van der Waals surface area contributed by atoms with Crippen LogP contribution in [0, 0.1) is 5.92 Å². The van der Waals surface area contributed by atoms with E-state index >= 15 is 0 Å². The first-order chi connectivity index (χ1) is 8.26. The Bertz CT molecular complexity index is 223. The molecule has 2 aliphatic heterocycles. The second-order valence-corrected chi connectivity index (χ2v) is 5.67. The number of alkyl halides is 1. The summed E-state index contributed by atoms with van der Waals surface area (Å²) < 4.78 is 11.4. The van der Waals surface area contributed by atoms with Gasteiger partial charge in [0, 0.05) is 25.7 Å². The number of hydrogen-bond donors (Lipinski definition) is 1. The molecular weight excluding hydrogens is 240 g/mol. The molecule has 2 rings (SSSR count). The van der Waals surface area contributed by atoms with Gasteiger partial charge in [0.15, 0.2) is 0 Å². The Balaban J connectivity index is 1.87. The lowest BCUT2D eigenvalue weighted by Gasteiger charge is -2.44. The van der Waals surface area contributed by atoms with Gasteiger partial charge >= 0.3 is 0 Å². The number of aliphatic hydroxyl groups is 1. The molecular formula is C13H23ClO3. The van der Waals surface area contributed by atoms with Gasteiger partial charge in [-0.05, 0) is 44.4 Å². The minimum Gasteiger partial charge on any atom is -0.393 e. The molecule has 2 aliphatic rings. The van der Waals surface area contributed by atoms with Crippen LogP contribution in [-0.4, -0.2) is 42.5 Å². The van der Waals surface area contributed by atoms with E-state index in [-0.39, 0.29) is 11.7 Å². The fourth-order valence-corrected chi connectivity index (χ4v) is 3.16. The standard InChI is InChI=1S/C13H23ClO3/c14-6-1-2-12(15)11-3-7-17-13(10-11)4-8-16-9-5-13/h11-12,15H,1-10H2. The van der Waals surface area contributed by atoms with Crippen molar-refractivity contribution < 1.29 is 14.6 Å². The Morgan fingerprint density at radius 2 is 2.06 bits per heavy atom. The van der Waals surface area contributed by atoms with E-state index in [1.54, 1.807) is 0 Å². The van der Waals surface area contributed by atoms with E-state index in [2.05, 4.69) is 0 Å². The number of aliphatic hydroxyl groups excluding tert-OH is 1. The second-order valence-electron chi connectivity index (χ2n) is 5.30. The van der Waals surface area contributed by atoms with E-state index in [0.29, 0.717) is 11.8 Å². The Kier molecular flexibility index (Phi) is 5.10. The van der Waals surface area contributed by atoms with Gasteiger partial charge in [0.05, 0.1) is 11.7 Å². The monoisotopic (exact) mass is 262 g/mol. The lowest BCUT2D eigenvalue weighted by Crippen LogP contribution is -2.46. The molecule has 0 aliphatic carbocycles. The molecule has 3 nitrogen and oxygen atoms in total. The summed E-state index contributed by atoms with van der Waals surface area (Å²) in [5.74, 6) is 1.02. The second kappa shape index (κ2) is 6.37. The summed E-state index contributed by atoms with van der Waals surface area (Å²) >= 11 is 5.67. The maximum absolute atomic E-state index is 10.2. The average molecular weight is 263 g/mol. The smallest absolute Gasteiger partial charge is 0.0730 e. The summed E-state index contributed by atoms with van der Waals surface area (Å²) in [6.45, 7) is 2.37. The van der Waals surface area contributed by atoms with Gasteiger partial charge in [-0.1, -0.05) is 0 Å². The molecule has 2 saturated heterocycles. The van der Waals surface area contributed by atoms with Crippen molar-refractivity contribution in [1.29, 1.82) is 0 Å². The molecule has 0 amide bonds. The zero-order valence-corrected chi connectivity index (χ0v) is 11.1. The summed E-state index contributed by atoms with van der Waals surface area (Å²) in [6, 6.07) is 0. The Hall–Kier alpha value is 0.170. The molecule has 0 aromatic heterocycles. The van der Waals surface area contributed by atoms with Gasteiger partial charge in [0.2, 0.25) is 0 Å². The van der Waals surface area contributed by atoms with Crippen molar-refractivity contribution in [3.05, 3.63) is 0 Å². The van der Waals surface area contributed by atoms with Gasteiger partial charge < -0.3 is 14.6 Å². The third kappa shape index (κ3) is 3.57. The number of hydrogen-bond acceptors (Lipinski definition) is 3. The lowest BCUT2D eigenvalue weighted by atomic mass is 9.78. The summed E-state index contributed by atoms with van der Waals surface area (Å²) in [7, 11) is 0. The molecule has 2 heterocycles. The normalized spacial score (nSPS) is 30.4. The minimum atomic E-state index is -0.211. The predicted molar refractivity (Wildman–Crippen MR) is 67.4 cm³/mol. The van der Waals surface area contributed by atoms with Crippen LogP contribution in [-0.2, 0) is 9.47 Å². The molecule has 1 N–H and O–H groups in total. The summed E-state index contributed by atoms with van der Waals surface area (Å²) in [5.41, 5.74) is -0.0108. The molecule has 17 heavy (non-hydrogen) atoms. The Morgan fingerprint density at radius 1 is 1.29 bits per heavy atom. The van der Waals surface area contributed by atoms with Crippen molar-refractivity contribution in [2.45, 2.75) is 50.2 Å². The third-order valence-corrected chi connectivity index (χ3v) is 4.38. The first kappa shape index (κ1) is 13.6. The molecule has 2 atom stereocenters. The third-order valence-electron chi connectivity index (χ3n) is 4.11. The fourth-order valence-electron chi connectivity index (χ4n) is 3.01. The Labute approximate surface area is 108 Å². The molecule has 0 aromatic rings. The highest BCUT2D eigenvalue weighted by molar-refractivity contribution is 6.17. The van der Waals surface area contributed by atoms with Crippen molar-refractivity contribution in [1.82, 2.24) is 0 Å². The maximum Gasteiger partial charge on any atom is 0.0730 e. The van der Waals surface area contributed by atoms with E-state index < -0.39 is 0 Å². The fraction of sp³-hybridized carbons (Fsp3) is 1.00. The van der Waals surface area contributed by atoms with Gasteiger partial charge in [-0.25, -0.2) is 0 Å². The molecule has 0 bridgehead atoms. The number of rotatable bonds is 4. The van der Waals surface area contributed by atoms with E-state index in [1.807, 2.05) is 0 Å². The van der Waals surface area contributed by atoms with Gasteiger partial charge in [-0.2, -0.15) is 0 Å². The number of halogens is 1. The van der Waals surface area contributed by atoms with Gasteiger partial charge in [0.1, 0.15) is 0 Å². The van der Waals surface area contributed by atoms with Crippen molar-refractivity contribution in [2.24, 2.45) is 5.92 Å². The van der Waals surface area contributed by atoms with Crippen LogP contribution in [0.2, 0.25) is 0 Å². The molecule has 4 heteroatoms. The van der Waals surface area contributed by atoms with Crippen molar-refractivity contribution in [3.8, 4) is 0 Å². The molecule has 1 spiro atoms. The molecule has 0 aromatic carbocycles. The SMILES string of the molecule is OC(CCCCl)C1CCOC2(CCOCC2)C1. The molecule has 100 valence electrons. The highest BCUT2D eigenvalue weighted by Crippen LogP contribution is 2.38. The topological polar surface area (TPSA) is 38.7 Å². The van der Waals surface area contributed by atoms with Crippen LogP contribution in [0.4, 0.5) is 0 Å². The summed E-state index contributed by atoms with van der Waals surface area (Å²) in [5, 5.41) is 10.2. The van der Waals surface area contributed by atoms with Crippen LogP contribution in [0.3, 0.4) is 0 Å². The van der Waals surface area contributed by atoms with E-state index in [1.165, 1.54) is 0 Å². The van der Waals surface area contributed by atoms with E-state index in [4.69, 9.17) is 21.1 Å². The summed E-state index contributed by atoms with van der Waals surface area (Å²) in [6.07, 6.45) is 5.43. The minimum absolute atomic E-state index is 0.0108. The maximum atomic E-state index is 10.2. The molecule has 2 unspecified atom stereocenters. The Morgan fingerprint density at radius 3 is 2.76 bits per heavy atom. The van der Waals surface area contributed by atoms with Crippen LogP contribution in [0.25, 0.3) is 0 Å². The lowest BCUT2D eigenvalue weighted by molar-refractivity contribution is -0.158. The van der Waals surface area contributed by atoms with Crippen LogP contribution in [0.5, 0.6) is 0 Å². The first-order valence-electron chi connectivity index (χ1n) is 6.71. The van der Waals surface area contributed by atoms with Crippen molar-refractivity contribution in [3.63, 3.8) is 0 Å². The first-order valence-corrected chi connectivity index (χ1v) is 7.25. The van der Waals surface area contributed by atoms with Gasteiger partial charge in [0.25, 0.3) is 0 Å². The zero-order valence-electron chi connectivity index (χ0n) is 10.4.